The molecule has 182 valence electrons. The summed E-state index contributed by atoms with van der Waals surface area (Å²) in [5.41, 5.74) is 1.27. The van der Waals surface area contributed by atoms with E-state index in [-0.39, 0.29) is 28.0 Å². The summed E-state index contributed by atoms with van der Waals surface area (Å²) in [6, 6.07) is 15.1. The van der Waals surface area contributed by atoms with E-state index in [0.717, 1.165) is 4.70 Å². The van der Waals surface area contributed by atoms with Crippen LogP contribution in [-0.4, -0.2) is 41.1 Å². The number of halogens is 1. The number of hydrogen-bond donors (Lipinski definition) is 2. The Balaban J connectivity index is 1.73. The second-order valence-electron chi connectivity index (χ2n) is 7.94. The molecule has 0 radical (unpaired) electrons. The number of carbonyl (C=O) groups excluding carboxylic acids is 2. The highest BCUT2D eigenvalue weighted by Crippen LogP contribution is 2.46. The third-order valence-electron chi connectivity index (χ3n) is 5.87. The third-order valence-corrected chi connectivity index (χ3v) is 7.13. The number of aliphatic hydroxyl groups is 1. The number of thiazole rings is 1. The van der Waals surface area contributed by atoms with Crippen LogP contribution in [0.5, 0.6) is 17.2 Å². The van der Waals surface area contributed by atoms with E-state index in [4.69, 9.17) is 21.1 Å². The van der Waals surface area contributed by atoms with Crippen LogP contribution >= 0.6 is 22.9 Å². The van der Waals surface area contributed by atoms with Gasteiger partial charge in [0.05, 0.1) is 36.1 Å². The van der Waals surface area contributed by atoms with Gasteiger partial charge in [-0.15, -0.1) is 0 Å². The molecule has 0 saturated carbocycles. The van der Waals surface area contributed by atoms with Crippen molar-refractivity contribution in [2.45, 2.75) is 6.04 Å². The van der Waals surface area contributed by atoms with Crippen LogP contribution in [-0.2, 0) is 9.59 Å². The number of amides is 1. The summed E-state index contributed by atoms with van der Waals surface area (Å²) >= 11 is 7.32. The Morgan fingerprint density at radius 1 is 1.03 bits per heavy atom. The molecule has 1 aromatic heterocycles. The van der Waals surface area contributed by atoms with Gasteiger partial charge < -0.3 is 19.7 Å². The van der Waals surface area contributed by atoms with Gasteiger partial charge in [-0.3, -0.25) is 14.5 Å². The first kappa shape index (κ1) is 23.7. The Hall–Kier alpha value is -4.08. The molecule has 5 rings (SSSR count). The maximum atomic E-state index is 13.4. The van der Waals surface area contributed by atoms with Gasteiger partial charge in [0.25, 0.3) is 5.78 Å². The molecule has 1 atom stereocenters. The molecule has 1 aliphatic heterocycles. The molecule has 1 amide bonds. The molecule has 1 fully saturated rings. The third kappa shape index (κ3) is 3.92. The first-order valence-electron chi connectivity index (χ1n) is 10.7. The topological polar surface area (TPSA) is 109 Å². The van der Waals surface area contributed by atoms with Gasteiger partial charge in [0.15, 0.2) is 16.6 Å². The number of Topliss-reactive ketones (excluding diaryl/α,β-unsaturated/α-hetero) is 1. The van der Waals surface area contributed by atoms with Gasteiger partial charge in [-0.25, -0.2) is 4.98 Å². The van der Waals surface area contributed by atoms with Crippen molar-refractivity contribution in [1.29, 1.82) is 0 Å². The average Bonchev–Trinajstić information content (AvgIpc) is 3.41. The fourth-order valence-corrected chi connectivity index (χ4v) is 5.37. The largest absolute Gasteiger partial charge is 0.507 e. The van der Waals surface area contributed by atoms with Crippen molar-refractivity contribution in [2.75, 3.05) is 19.1 Å². The maximum absolute atomic E-state index is 13.4. The minimum Gasteiger partial charge on any atom is -0.507 e. The summed E-state index contributed by atoms with van der Waals surface area (Å²) < 4.78 is 11.2. The number of carbonyl (C=O) groups is 2. The normalized spacial score (nSPS) is 17.1. The lowest BCUT2D eigenvalue weighted by molar-refractivity contribution is -0.132. The molecule has 2 N–H and O–H groups in total. The molecule has 2 heterocycles. The summed E-state index contributed by atoms with van der Waals surface area (Å²) in [5, 5.41) is 22.1. The molecule has 1 aliphatic rings. The van der Waals surface area contributed by atoms with Crippen LogP contribution in [0.4, 0.5) is 5.13 Å². The standard InChI is InChI=1S/C26H19ClN2O6S/c1-34-16-7-3-13(4-8-16)23(31)21-22(14-5-10-18(30)19(11-14)35-2)29(25(33)24(21)32)26-28-17-9-6-15(27)12-20(17)36-26/h3-12,22,30-31H,1-2H3/b23-21+. The van der Waals surface area contributed by atoms with E-state index >= 15 is 0 Å². The molecule has 0 aliphatic carbocycles. The Morgan fingerprint density at radius 2 is 1.78 bits per heavy atom. The van der Waals surface area contributed by atoms with Crippen LogP contribution in [0.15, 0.2) is 66.2 Å². The van der Waals surface area contributed by atoms with Crippen LogP contribution in [0.3, 0.4) is 0 Å². The van der Waals surface area contributed by atoms with Crippen molar-refractivity contribution in [2.24, 2.45) is 0 Å². The van der Waals surface area contributed by atoms with Crippen LogP contribution < -0.4 is 14.4 Å². The van der Waals surface area contributed by atoms with E-state index in [2.05, 4.69) is 4.98 Å². The molecule has 8 nitrogen and oxygen atoms in total. The van der Waals surface area contributed by atoms with Crippen molar-refractivity contribution in [1.82, 2.24) is 4.98 Å². The average molecular weight is 523 g/mol. The van der Waals surface area contributed by atoms with Gasteiger partial charge in [-0.1, -0.05) is 29.0 Å². The highest BCUT2D eigenvalue weighted by atomic mass is 35.5. The Bertz CT molecular complexity index is 1550. The number of nitrogens with zero attached hydrogens (tertiary/aromatic N) is 2. The zero-order valence-electron chi connectivity index (χ0n) is 19.1. The molecule has 1 unspecified atom stereocenters. The van der Waals surface area contributed by atoms with Gasteiger partial charge in [-0.05, 0) is 60.2 Å². The van der Waals surface area contributed by atoms with Gasteiger partial charge >= 0.3 is 5.91 Å². The van der Waals surface area contributed by atoms with Gasteiger partial charge in [0, 0.05) is 10.6 Å². The number of phenolic OH excluding ortho intramolecular Hbond substituents is 1. The number of methoxy groups -OCH3 is 2. The number of aromatic hydroxyl groups is 1. The number of ether oxygens (including phenoxy) is 2. The summed E-state index contributed by atoms with van der Waals surface area (Å²) in [4.78, 5) is 32.5. The van der Waals surface area contributed by atoms with Crippen molar-refractivity contribution in [3.05, 3.63) is 82.4 Å². The van der Waals surface area contributed by atoms with Crippen LogP contribution in [0.2, 0.25) is 5.02 Å². The molecular weight excluding hydrogens is 504 g/mol. The second kappa shape index (κ2) is 9.18. The number of fused-ring (bicyclic) bond motifs is 1. The molecule has 4 aromatic rings. The van der Waals surface area contributed by atoms with Crippen molar-refractivity contribution in [3.63, 3.8) is 0 Å². The lowest BCUT2D eigenvalue weighted by Gasteiger charge is -2.23. The Morgan fingerprint density at radius 3 is 2.47 bits per heavy atom. The van der Waals surface area contributed by atoms with Gasteiger partial charge in [-0.2, -0.15) is 0 Å². The second-order valence-corrected chi connectivity index (χ2v) is 9.38. The van der Waals surface area contributed by atoms with E-state index < -0.39 is 17.7 Å². The summed E-state index contributed by atoms with van der Waals surface area (Å²) in [6.07, 6.45) is 0. The monoisotopic (exact) mass is 522 g/mol. The summed E-state index contributed by atoms with van der Waals surface area (Å²) in [5.74, 6) is -1.44. The smallest absolute Gasteiger partial charge is 0.301 e. The van der Waals surface area contributed by atoms with E-state index in [1.807, 2.05) is 0 Å². The Labute approximate surface area is 214 Å². The Kier molecular flexibility index (Phi) is 6.03. The molecule has 36 heavy (non-hydrogen) atoms. The lowest BCUT2D eigenvalue weighted by atomic mass is 9.95. The van der Waals surface area contributed by atoms with Crippen molar-refractivity contribution < 1.29 is 29.3 Å². The van der Waals surface area contributed by atoms with Crippen LogP contribution in [0, 0.1) is 0 Å². The van der Waals surface area contributed by atoms with E-state index in [9.17, 15) is 19.8 Å². The molecule has 0 spiro atoms. The van der Waals surface area contributed by atoms with E-state index in [1.54, 1.807) is 48.5 Å². The minimum atomic E-state index is -1.03. The predicted molar refractivity (Wildman–Crippen MR) is 137 cm³/mol. The number of aliphatic hydroxyl groups excluding tert-OH is 1. The van der Waals surface area contributed by atoms with Crippen LogP contribution in [0.25, 0.3) is 16.0 Å². The zero-order valence-corrected chi connectivity index (χ0v) is 20.6. The highest BCUT2D eigenvalue weighted by molar-refractivity contribution is 7.22. The van der Waals surface area contributed by atoms with E-state index in [1.165, 1.54) is 42.6 Å². The number of aromatic nitrogens is 1. The molecule has 0 bridgehead atoms. The fraction of sp³-hybridized carbons (Fsp3) is 0.115. The molecule has 3 aromatic carbocycles. The fourth-order valence-electron chi connectivity index (χ4n) is 4.10. The number of ketones is 1. The first-order valence-corrected chi connectivity index (χ1v) is 11.9. The first-order chi connectivity index (χ1) is 17.3. The van der Waals surface area contributed by atoms with Gasteiger partial charge in [0.2, 0.25) is 0 Å². The number of anilines is 1. The number of hydrogen-bond acceptors (Lipinski definition) is 8. The summed E-state index contributed by atoms with van der Waals surface area (Å²) in [6.45, 7) is 0. The SMILES string of the molecule is COc1ccc(/C(O)=C2\C(=O)C(=O)N(c3nc4ccc(Cl)cc4s3)C2c2ccc(O)c(OC)c2)cc1. The number of benzene rings is 3. The van der Waals surface area contributed by atoms with Crippen LogP contribution in [0.1, 0.15) is 17.2 Å². The molecular formula is C26H19ClN2O6S. The maximum Gasteiger partial charge on any atom is 0.301 e. The highest BCUT2D eigenvalue weighted by Gasteiger charge is 2.48. The van der Waals surface area contributed by atoms with E-state index in [0.29, 0.717) is 27.4 Å². The number of phenols is 1. The quantitative estimate of drug-likeness (QED) is 0.208. The predicted octanol–water partition coefficient (Wildman–Crippen LogP) is 5.30. The summed E-state index contributed by atoms with van der Waals surface area (Å²) in [7, 11) is 2.91. The molecule has 1 saturated heterocycles. The lowest BCUT2D eigenvalue weighted by Crippen LogP contribution is -2.29. The minimum absolute atomic E-state index is 0.108. The zero-order chi connectivity index (χ0) is 25.6. The van der Waals surface area contributed by atoms with Crippen molar-refractivity contribution >= 4 is 55.7 Å². The number of rotatable bonds is 5. The molecule has 10 heteroatoms. The van der Waals surface area contributed by atoms with Gasteiger partial charge in [0.1, 0.15) is 11.5 Å². The van der Waals surface area contributed by atoms with Crippen molar-refractivity contribution in [3.8, 4) is 17.2 Å².